The van der Waals surface area contributed by atoms with Crippen LogP contribution in [0.3, 0.4) is 0 Å². The number of amides is 1. The number of carbonyl (C=O) groups is 2. The molecule has 6 heteroatoms. The molecular formula is C17H22BrNO4. The molecule has 0 unspecified atom stereocenters. The third-order valence-electron chi connectivity index (χ3n) is 4.32. The molecule has 1 amide bonds. The van der Waals surface area contributed by atoms with Crippen molar-refractivity contribution in [1.29, 1.82) is 0 Å². The van der Waals surface area contributed by atoms with E-state index in [0.717, 1.165) is 10.0 Å². The predicted octanol–water partition coefficient (Wildman–Crippen LogP) is 2.20. The van der Waals surface area contributed by atoms with Gasteiger partial charge in [-0.3, -0.25) is 9.59 Å². The summed E-state index contributed by atoms with van der Waals surface area (Å²) in [6, 6.07) is 7.58. The summed E-state index contributed by atoms with van der Waals surface area (Å²) >= 11 is 3.38. The predicted molar refractivity (Wildman–Crippen MR) is 89.8 cm³/mol. The molecule has 0 aliphatic heterocycles. The topological polar surface area (TPSA) is 75.6 Å². The van der Waals surface area contributed by atoms with Gasteiger partial charge in [0.15, 0.2) is 0 Å². The summed E-state index contributed by atoms with van der Waals surface area (Å²) < 4.78 is 5.67. The lowest BCUT2D eigenvalue weighted by Crippen LogP contribution is -2.46. The molecule has 5 nitrogen and oxygen atoms in total. The minimum atomic E-state index is -0.933. The maximum absolute atomic E-state index is 12.0. The van der Waals surface area contributed by atoms with Crippen LogP contribution in [-0.2, 0) is 20.7 Å². The molecule has 1 aliphatic rings. The summed E-state index contributed by atoms with van der Waals surface area (Å²) in [4.78, 5) is 23.5. The smallest absolute Gasteiger partial charge is 0.308 e. The summed E-state index contributed by atoms with van der Waals surface area (Å²) in [5, 5.41) is 13.3. The van der Waals surface area contributed by atoms with Gasteiger partial charge in [0.2, 0.25) is 5.91 Å². The number of esters is 1. The number of nitrogens with one attached hydrogen (secondary N) is 1. The number of hydrogen-bond donors (Lipinski definition) is 2. The number of hydrogen-bond acceptors (Lipinski definition) is 4. The van der Waals surface area contributed by atoms with Gasteiger partial charge in [-0.25, -0.2) is 0 Å². The lowest BCUT2D eigenvalue weighted by molar-refractivity contribution is -0.148. The van der Waals surface area contributed by atoms with Gasteiger partial charge < -0.3 is 15.2 Å². The van der Waals surface area contributed by atoms with E-state index in [2.05, 4.69) is 21.2 Å². The number of aliphatic hydroxyl groups is 1. The Labute approximate surface area is 144 Å². The number of rotatable bonds is 5. The van der Waals surface area contributed by atoms with Crippen LogP contribution in [0.25, 0.3) is 0 Å². The Morgan fingerprint density at radius 1 is 1.39 bits per heavy atom. The molecule has 2 N–H and O–H groups in total. The van der Waals surface area contributed by atoms with Gasteiger partial charge in [-0.2, -0.15) is 0 Å². The largest absolute Gasteiger partial charge is 0.469 e. The molecule has 1 aliphatic carbocycles. The van der Waals surface area contributed by atoms with Crippen molar-refractivity contribution >= 4 is 27.8 Å². The summed E-state index contributed by atoms with van der Waals surface area (Å²) in [6.45, 7) is 0.216. The van der Waals surface area contributed by atoms with Crippen LogP contribution in [-0.4, -0.2) is 36.2 Å². The molecule has 0 heterocycles. The third kappa shape index (κ3) is 5.32. The van der Waals surface area contributed by atoms with E-state index < -0.39 is 5.60 Å². The fourth-order valence-corrected chi connectivity index (χ4v) is 3.34. The van der Waals surface area contributed by atoms with E-state index in [0.29, 0.717) is 25.7 Å². The Kier molecular flexibility index (Phi) is 6.18. The molecule has 2 rings (SSSR count). The Balaban J connectivity index is 1.79. The van der Waals surface area contributed by atoms with Crippen LogP contribution in [0.5, 0.6) is 0 Å². The highest BCUT2D eigenvalue weighted by atomic mass is 79.9. The zero-order valence-electron chi connectivity index (χ0n) is 13.2. The van der Waals surface area contributed by atoms with Gasteiger partial charge in [-0.15, -0.1) is 0 Å². The van der Waals surface area contributed by atoms with Gasteiger partial charge >= 0.3 is 5.97 Å². The average Bonchev–Trinajstić information content (AvgIpc) is 2.53. The Morgan fingerprint density at radius 3 is 2.70 bits per heavy atom. The Morgan fingerprint density at radius 2 is 2.09 bits per heavy atom. The molecule has 1 saturated carbocycles. The van der Waals surface area contributed by atoms with Crippen LogP contribution in [0.1, 0.15) is 31.2 Å². The van der Waals surface area contributed by atoms with Crippen LogP contribution in [0.2, 0.25) is 0 Å². The fourth-order valence-electron chi connectivity index (χ4n) is 2.89. The molecule has 0 atom stereocenters. The zero-order valence-corrected chi connectivity index (χ0v) is 14.8. The van der Waals surface area contributed by atoms with E-state index >= 15 is 0 Å². The summed E-state index contributed by atoms with van der Waals surface area (Å²) in [5.41, 5.74) is -0.0180. The molecule has 0 aromatic heterocycles. The quantitative estimate of drug-likeness (QED) is 0.764. The molecule has 0 saturated heterocycles. The molecule has 1 fully saturated rings. The van der Waals surface area contributed by atoms with Crippen molar-refractivity contribution in [3.05, 3.63) is 34.3 Å². The highest BCUT2D eigenvalue weighted by Gasteiger charge is 2.36. The second-order valence-corrected chi connectivity index (χ2v) is 7.02. The first-order valence-corrected chi connectivity index (χ1v) is 8.52. The van der Waals surface area contributed by atoms with E-state index in [1.165, 1.54) is 7.11 Å². The normalized spacial score (nSPS) is 24.0. The SMILES string of the molecule is COC(=O)C1CCC(O)(CNC(=O)Cc2cccc(Br)c2)CC1. The summed E-state index contributed by atoms with van der Waals surface area (Å²) in [6.07, 6.45) is 2.43. The van der Waals surface area contributed by atoms with E-state index in [-0.39, 0.29) is 30.8 Å². The maximum atomic E-state index is 12.0. The van der Waals surface area contributed by atoms with Gasteiger partial charge in [0.05, 0.1) is 25.0 Å². The second kappa shape index (κ2) is 7.93. The summed E-state index contributed by atoms with van der Waals surface area (Å²) in [7, 11) is 1.38. The van der Waals surface area contributed by atoms with Crippen molar-refractivity contribution in [3.63, 3.8) is 0 Å². The van der Waals surface area contributed by atoms with E-state index in [1.54, 1.807) is 0 Å². The third-order valence-corrected chi connectivity index (χ3v) is 4.81. The molecular weight excluding hydrogens is 362 g/mol. The van der Waals surface area contributed by atoms with Gasteiger partial charge in [0.25, 0.3) is 0 Å². The molecule has 1 aromatic carbocycles. The van der Waals surface area contributed by atoms with Crippen LogP contribution >= 0.6 is 15.9 Å². The highest BCUT2D eigenvalue weighted by molar-refractivity contribution is 9.10. The van der Waals surface area contributed by atoms with Crippen LogP contribution < -0.4 is 5.32 Å². The number of benzene rings is 1. The van der Waals surface area contributed by atoms with Gasteiger partial charge in [0, 0.05) is 11.0 Å². The number of carbonyl (C=O) groups excluding carboxylic acids is 2. The maximum Gasteiger partial charge on any atom is 0.308 e. The number of methoxy groups -OCH3 is 1. The van der Waals surface area contributed by atoms with Gasteiger partial charge in [-0.1, -0.05) is 28.1 Å². The molecule has 1 aromatic rings. The van der Waals surface area contributed by atoms with Crippen molar-refractivity contribution in [2.24, 2.45) is 5.92 Å². The van der Waals surface area contributed by atoms with Crippen molar-refractivity contribution in [3.8, 4) is 0 Å². The monoisotopic (exact) mass is 383 g/mol. The van der Waals surface area contributed by atoms with E-state index in [9.17, 15) is 14.7 Å². The minimum absolute atomic E-state index is 0.119. The van der Waals surface area contributed by atoms with Gasteiger partial charge in [-0.05, 0) is 43.4 Å². The van der Waals surface area contributed by atoms with Crippen molar-refractivity contribution in [2.75, 3.05) is 13.7 Å². The first-order valence-electron chi connectivity index (χ1n) is 7.73. The zero-order chi connectivity index (χ0) is 16.9. The number of ether oxygens (including phenoxy) is 1. The second-order valence-electron chi connectivity index (χ2n) is 6.11. The summed E-state index contributed by atoms with van der Waals surface area (Å²) in [5.74, 6) is -0.477. The molecule has 0 spiro atoms. The molecule has 0 radical (unpaired) electrons. The van der Waals surface area contributed by atoms with E-state index in [4.69, 9.17) is 4.74 Å². The lowest BCUT2D eigenvalue weighted by atomic mass is 9.78. The first kappa shape index (κ1) is 17.9. The van der Waals surface area contributed by atoms with Crippen LogP contribution in [0.4, 0.5) is 0 Å². The van der Waals surface area contributed by atoms with E-state index in [1.807, 2.05) is 24.3 Å². The Bertz CT molecular complexity index is 567. The van der Waals surface area contributed by atoms with Crippen molar-refractivity contribution in [1.82, 2.24) is 5.32 Å². The van der Waals surface area contributed by atoms with Gasteiger partial charge in [0.1, 0.15) is 0 Å². The minimum Gasteiger partial charge on any atom is -0.469 e. The highest BCUT2D eigenvalue weighted by Crippen LogP contribution is 2.32. The Hall–Kier alpha value is -1.40. The lowest BCUT2D eigenvalue weighted by Gasteiger charge is -2.35. The molecule has 23 heavy (non-hydrogen) atoms. The molecule has 0 bridgehead atoms. The number of halogens is 1. The standard InChI is InChI=1S/C17H22BrNO4/c1-23-16(21)13-5-7-17(22,8-6-13)11-19-15(20)10-12-3-2-4-14(18)9-12/h2-4,9,13,22H,5-8,10-11H2,1H3,(H,19,20). The molecule has 126 valence electrons. The van der Waals surface area contributed by atoms with Crippen LogP contribution in [0, 0.1) is 5.92 Å². The fraction of sp³-hybridized carbons (Fsp3) is 0.529. The van der Waals surface area contributed by atoms with Crippen LogP contribution in [0.15, 0.2) is 28.7 Å². The first-order chi connectivity index (χ1) is 10.9. The average molecular weight is 384 g/mol. The van der Waals surface area contributed by atoms with Crippen molar-refractivity contribution < 1.29 is 19.4 Å². The van der Waals surface area contributed by atoms with Crippen molar-refractivity contribution in [2.45, 2.75) is 37.7 Å².